The average molecular weight is 596 g/mol. The van der Waals surface area contributed by atoms with Crippen LogP contribution in [0.25, 0.3) is 0 Å². The molecule has 12 heteroatoms. The second kappa shape index (κ2) is 31.9. The number of hydrogen-bond acceptors (Lipinski definition) is 9. The van der Waals surface area contributed by atoms with Crippen molar-refractivity contribution in [1.82, 2.24) is 0 Å². The summed E-state index contributed by atoms with van der Waals surface area (Å²) in [5.74, 6) is -0.976. The zero-order chi connectivity index (χ0) is 27.6. The maximum absolute atomic E-state index is 12.2. The van der Waals surface area contributed by atoms with Crippen molar-refractivity contribution in [3.8, 4) is 0 Å². The van der Waals surface area contributed by atoms with Crippen LogP contribution in [0.1, 0.15) is 135 Å². The van der Waals surface area contributed by atoms with Crippen LogP contribution in [0.5, 0.6) is 0 Å². The Morgan fingerprint density at radius 2 is 1.08 bits per heavy atom. The zero-order valence-electron chi connectivity index (χ0n) is 25.1. The van der Waals surface area contributed by atoms with Crippen molar-refractivity contribution in [2.24, 2.45) is 5.73 Å². The number of hydrogen-bond donors (Lipinski definition) is 1. The fourth-order valence-corrected chi connectivity index (χ4v) is 4.37. The molecule has 0 aliphatic rings. The van der Waals surface area contributed by atoms with E-state index >= 15 is 0 Å². The summed E-state index contributed by atoms with van der Waals surface area (Å²) in [6.07, 6.45) is 19.0. The van der Waals surface area contributed by atoms with E-state index in [2.05, 4.69) is 11.4 Å². The minimum atomic E-state index is -5.23. The molecular weight excluding hydrogens is 543 g/mol. The van der Waals surface area contributed by atoms with Crippen LogP contribution in [-0.2, 0) is 28.2 Å². The van der Waals surface area contributed by atoms with Crippen LogP contribution in [0, 0.1) is 0 Å². The van der Waals surface area contributed by atoms with Gasteiger partial charge in [-0.05, 0) is 25.8 Å². The van der Waals surface area contributed by atoms with Gasteiger partial charge >= 0.3 is 71.1 Å². The molecule has 0 radical (unpaired) electrons. The Kier molecular flexibility index (Phi) is 36.4. The van der Waals surface area contributed by atoms with Gasteiger partial charge in [-0.15, -0.1) is 0 Å². The topological polar surface area (TPSA) is 151 Å². The molecular formula is C27H52NNa2O8P. The van der Waals surface area contributed by atoms with Crippen molar-refractivity contribution in [1.29, 1.82) is 0 Å². The predicted molar refractivity (Wildman–Crippen MR) is 141 cm³/mol. The van der Waals surface area contributed by atoms with Gasteiger partial charge in [0.25, 0.3) is 0 Å². The van der Waals surface area contributed by atoms with Gasteiger partial charge in [0, 0.05) is 12.8 Å². The number of phosphoric acid groups is 1. The van der Waals surface area contributed by atoms with Crippen LogP contribution in [-0.4, -0.2) is 37.8 Å². The monoisotopic (exact) mass is 595 g/mol. The number of nitrogens with two attached hydrogens (primary N) is 1. The molecule has 0 aliphatic carbocycles. The quantitative estimate of drug-likeness (QED) is 0.0550. The third-order valence-electron chi connectivity index (χ3n) is 6.22. The Balaban J connectivity index is -0.00000648. The van der Waals surface area contributed by atoms with E-state index in [1.807, 2.05) is 0 Å². The number of ether oxygens (including phenoxy) is 2. The van der Waals surface area contributed by atoms with Gasteiger partial charge in [0.2, 0.25) is 0 Å². The number of phosphoric ester groups is 1. The van der Waals surface area contributed by atoms with Gasteiger partial charge in [0.05, 0.1) is 14.4 Å². The summed E-state index contributed by atoms with van der Waals surface area (Å²) >= 11 is 0. The van der Waals surface area contributed by atoms with Gasteiger partial charge in [-0.3, -0.25) is 9.59 Å². The molecule has 0 bridgehead atoms. The summed E-state index contributed by atoms with van der Waals surface area (Å²) < 4.78 is 25.5. The molecule has 0 aliphatic heterocycles. The van der Waals surface area contributed by atoms with Gasteiger partial charge in [-0.25, -0.2) is 0 Å². The van der Waals surface area contributed by atoms with Crippen molar-refractivity contribution >= 4 is 19.8 Å². The first-order valence-electron chi connectivity index (χ1n) is 14.5. The van der Waals surface area contributed by atoms with Crippen LogP contribution in [0.3, 0.4) is 0 Å². The summed E-state index contributed by atoms with van der Waals surface area (Å²) in [6.45, 7) is 1.94. The molecule has 220 valence electrons. The molecule has 0 rings (SSSR count). The van der Waals surface area contributed by atoms with Crippen molar-refractivity contribution in [3.05, 3.63) is 0 Å². The van der Waals surface area contributed by atoms with Crippen molar-refractivity contribution in [2.75, 3.05) is 19.8 Å². The maximum Gasteiger partial charge on any atom is 1.00 e. The van der Waals surface area contributed by atoms with E-state index in [-0.39, 0.29) is 78.6 Å². The van der Waals surface area contributed by atoms with Crippen molar-refractivity contribution in [3.63, 3.8) is 0 Å². The molecule has 0 amide bonds. The van der Waals surface area contributed by atoms with Crippen molar-refractivity contribution < 1.29 is 97.1 Å². The Hall–Kier alpha value is 1.01. The number of carbonyl (C=O) groups is 2. The van der Waals surface area contributed by atoms with E-state index in [0.29, 0.717) is 12.8 Å². The zero-order valence-corrected chi connectivity index (χ0v) is 30.0. The molecule has 0 spiro atoms. The molecule has 0 aromatic rings. The fourth-order valence-electron chi connectivity index (χ4n) is 4.02. The fraction of sp³-hybridized carbons (Fsp3) is 0.926. The standard InChI is InChI=1S/C27H54NO8P.2Na/c1-2-3-4-5-6-8-12-15-18-21-27(30)36-25(24-35-37(31,32)33)23-34-26(29)20-17-14-11-9-7-10-13-16-19-22-28;;/h25H,2-24,28H2,1H3,(H2,31,32,33);;/q;2*+1/p-2/t25-;;/m1../s1. The molecule has 0 saturated carbocycles. The average Bonchev–Trinajstić information content (AvgIpc) is 2.85. The number of unbranched alkanes of at least 4 members (excludes halogenated alkanes) is 16. The summed E-state index contributed by atoms with van der Waals surface area (Å²) in [5.41, 5.74) is 5.48. The van der Waals surface area contributed by atoms with E-state index < -0.39 is 32.5 Å². The second-order valence-corrected chi connectivity index (χ2v) is 11.0. The molecule has 39 heavy (non-hydrogen) atoms. The van der Waals surface area contributed by atoms with Crippen LogP contribution in [0.2, 0.25) is 0 Å². The molecule has 2 N–H and O–H groups in total. The maximum atomic E-state index is 12.2. The largest absolute Gasteiger partial charge is 1.00 e. The van der Waals surface area contributed by atoms with Gasteiger partial charge < -0.3 is 34.1 Å². The number of esters is 2. The van der Waals surface area contributed by atoms with E-state index in [1.165, 1.54) is 57.8 Å². The van der Waals surface area contributed by atoms with E-state index in [9.17, 15) is 23.9 Å². The van der Waals surface area contributed by atoms with E-state index in [0.717, 1.165) is 51.5 Å². The summed E-state index contributed by atoms with van der Waals surface area (Å²) in [7, 11) is -5.23. The first-order valence-corrected chi connectivity index (χ1v) is 16.0. The van der Waals surface area contributed by atoms with Gasteiger partial charge in [0.1, 0.15) is 6.61 Å². The Morgan fingerprint density at radius 1 is 0.667 bits per heavy atom. The number of rotatable bonds is 27. The normalized spacial score (nSPS) is 11.8. The second-order valence-electron chi connectivity index (χ2n) is 9.84. The van der Waals surface area contributed by atoms with E-state index in [1.54, 1.807) is 0 Å². The van der Waals surface area contributed by atoms with Crippen LogP contribution < -0.4 is 74.6 Å². The molecule has 0 fully saturated rings. The molecule has 1 atom stereocenters. The summed E-state index contributed by atoms with van der Waals surface area (Å²) in [4.78, 5) is 45.8. The van der Waals surface area contributed by atoms with Crippen LogP contribution in [0.15, 0.2) is 0 Å². The molecule has 0 heterocycles. The third-order valence-corrected chi connectivity index (χ3v) is 6.68. The molecule has 0 saturated heterocycles. The SMILES string of the molecule is CCCCCCCCCCCC(=O)O[C@H](COC(=O)CCCCCCCCCCCN)COP(=O)([O-])[O-].[Na+].[Na+]. The summed E-state index contributed by atoms with van der Waals surface area (Å²) in [5, 5.41) is 0. The van der Waals surface area contributed by atoms with Gasteiger partial charge in [0.15, 0.2) is 6.10 Å². The van der Waals surface area contributed by atoms with Crippen LogP contribution in [0.4, 0.5) is 0 Å². The Bertz CT molecular complexity index is 610. The minimum absolute atomic E-state index is 0. The molecule has 0 aromatic carbocycles. The minimum Gasteiger partial charge on any atom is -0.790 e. The number of carbonyl (C=O) groups excluding carboxylic acids is 2. The third kappa shape index (κ3) is 35.1. The first-order chi connectivity index (χ1) is 17.8. The molecule has 0 unspecified atom stereocenters. The predicted octanol–water partition coefficient (Wildman–Crippen LogP) is -0.925. The first kappa shape index (κ1) is 44.5. The molecule has 0 aromatic heterocycles. The van der Waals surface area contributed by atoms with Gasteiger partial charge in [-0.2, -0.15) is 0 Å². The van der Waals surface area contributed by atoms with Gasteiger partial charge in [-0.1, -0.05) is 103 Å². The summed E-state index contributed by atoms with van der Waals surface area (Å²) in [6, 6.07) is 0. The Morgan fingerprint density at radius 3 is 1.51 bits per heavy atom. The smallest absolute Gasteiger partial charge is 0.790 e. The van der Waals surface area contributed by atoms with Crippen molar-refractivity contribution in [2.45, 2.75) is 141 Å². The van der Waals surface area contributed by atoms with E-state index in [4.69, 9.17) is 15.2 Å². The van der Waals surface area contributed by atoms with Crippen LogP contribution >= 0.6 is 7.82 Å². The molecule has 9 nitrogen and oxygen atoms in total. The Labute approximate surface area is 281 Å².